The first-order valence-corrected chi connectivity index (χ1v) is 6.58. The van der Waals surface area contributed by atoms with Crippen LogP contribution in [0.4, 0.5) is 0 Å². The minimum Gasteiger partial charge on any atom is -0.330 e. The Morgan fingerprint density at radius 1 is 1.12 bits per heavy atom. The Bertz CT molecular complexity index is 334. The molecule has 1 rings (SSSR count). The second kappa shape index (κ2) is 7.46. The fraction of sp³-hybridized carbons (Fsp3) is 0.600. The van der Waals surface area contributed by atoms with E-state index in [2.05, 4.69) is 44.0 Å². The van der Waals surface area contributed by atoms with Crippen LogP contribution in [-0.2, 0) is 6.54 Å². The number of benzene rings is 1. The normalized spacial score (nSPS) is 11.1. The average Bonchev–Trinajstić information content (AvgIpc) is 2.29. The molecule has 0 spiro atoms. The van der Waals surface area contributed by atoms with Gasteiger partial charge in [-0.15, -0.1) is 0 Å². The summed E-state index contributed by atoms with van der Waals surface area (Å²) in [6.45, 7) is 7.38. The first-order valence-electron chi connectivity index (χ1n) is 6.58. The molecule has 0 aliphatic heterocycles. The van der Waals surface area contributed by atoms with Crippen LogP contribution in [0.3, 0.4) is 0 Å². The van der Waals surface area contributed by atoms with Crippen molar-refractivity contribution in [3.63, 3.8) is 0 Å². The van der Waals surface area contributed by atoms with Crippen molar-refractivity contribution < 1.29 is 0 Å². The third-order valence-electron chi connectivity index (χ3n) is 3.19. The van der Waals surface area contributed by atoms with Crippen molar-refractivity contribution in [1.29, 1.82) is 0 Å². The predicted octanol–water partition coefficient (Wildman–Crippen LogP) is 2.86. The second-order valence-electron chi connectivity index (χ2n) is 5.02. The van der Waals surface area contributed by atoms with Crippen molar-refractivity contribution in [2.45, 2.75) is 39.7 Å². The van der Waals surface area contributed by atoms with E-state index in [1.54, 1.807) is 0 Å². The molecule has 0 aliphatic carbocycles. The van der Waals surface area contributed by atoms with Crippen LogP contribution in [0.25, 0.3) is 0 Å². The van der Waals surface area contributed by atoms with Gasteiger partial charge in [0.05, 0.1) is 0 Å². The Labute approximate surface area is 106 Å². The highest BCUT2D eigenvalue weighted by molar-refractivity contribution is 5.30. The molecule has 2 heteroatoms. The Balaban J connectivity index is 2.39. The van der Waals surface area contributed by atoms with Crippen LogP contribution in [0.5, 0.6) is 0 Å². The summed E-state index contributed by atoms with van der Waals surface area (Å²) in [6.07, 6.45) is 3.64. The van der Waals surface area contributed by atoms with Crippen molar-refractivity contribution in [3.05, 3.63) is 34.9 Å². The standard InChI is InChI=1S/C15H26N2/c1-13-7-8-14(2)15(11-13)12-17(3)10-6-4-5-9-16/h7-8,11H,4-6,9-10,12,16H2,1-3H3. The van der Waals surface area contributed by atoms with E-state index in [0.29, 0.717) is 0 Å². The predicted molar refractivity (Wildman–Crippen MR) is 75.2 cm³/mol. The highest BCUT2D eigenvalue weighted by atomic mass is 15.1. The molecule has 0 atom stereocenters. The monoisotopic (exact) mass is 234 g/mol. The van der Waals surface area contributed by atoms with Crippen molar-refractivity contribution in [3.8, 4) is 0 Å². The van der Waals surface area contributed by atoms with E-state index in [1.807, 2.05) is 0 Å². The van der Waals surface area contributed by atoms with E-state index in [-0.39, 0.29) is 0 Å². The minimum atomic E-state index is 0.820. The highest BCUT2D eigenvalue weighted by Gasteiger charge is 2.03. The summed E-state index contributed by atoms with van der Waals surface area (Å²) in [6, 6.07) is 6.69. The third-order valence-corrected chi connectivity index (χ3v) is 3.19. The van der Waals surface area contributed by atoms with Gasteiger partial charge in [-0.3, -0.25) is 0 Å². The van der Waals surface area contributed by atoms with Crippen LogP contribution in [0.15, 0.2) is 18.2 Å². The molecule has 0 bridgehead atoms. The second-order valence-corrected chi connectivity index (χ2v) is 5.02. The zero-order valence-corrected chi connectivity index (χ0v) is 11.5. The molecule has 2 nitrogen and oxygen atoms in total. The molecule has 2 N–H and O–H groups in total. The first kappa shape index (κ1) is 14.2. The van der Waals surface area contributed by atoms with Crippen molar-refractivity contribution in [1.82, 2.24) is 4.90 Å². The molecule has 0 saturated heterocycles. The molecule has 0 aromatic heterocycles. The summed E-state index contributed by atoms with van der Waals surface area (Å²) in [4.78, 5) is 2.40. The first-order chi connectivity index (χ1) is 8.13. The zero-order valence-electron chi connectivity index (χ0n) is 11.5. The zero-order chi connectivity index (χ0) is 12.7. The maximum atomic E-state index is 5.49. The summed E-state index contributed by atoms with van der Waals surface area (Å²) in [7, 11) is 2.20. The lowest BCUT2D eigenvalue weighted by Crippen LogP contribution is -2.20. The van der Waals surface area contributed by atoms with Crippen molar-refractivity contribution in [2.24, 2.45) is 5.73 Å². The van der Waals surface area contributed by atoms with Crippen LogP contribution < -0.4 is 5.73 Å². The fourth-order valence-corrected chi connectivity index (χ4v) is 2.04. The van der Waals surface area contributed by atoms with Gasteiger partial charge >= 0.3 is 0 Å². The quantitative estimate of drug-likeness (QED) is 0.735. The minimum absolute atomic E-state index is 0.820. The van der Waals surface area contributed by atoms with Gasteiger partial charge in [-0.2, -0.15) is 0 Å². The van der Waals surface area contributed by atoms with Gasteiger partial charge in [0, 0.05) is 6.54 Å². The SMILES string of the molecule is Cc1ccc(C)c(CN(C)CCCCCN)c1. The number of nitrogens with two attached hydrogens (primary N) is 1. The lowest BCUT2D eigenvalue weighted by Gasteiger charge is -2.18. The molecule has 0 aliphatic rings. The molecule has 0 unspecified atom stereocenters. The van der Waals surface area contributed by atoms with Crippen LogP contribution >= 0.6 is 0 Å². The average molecular weight is 234 g/mol. The molecule has 96 valence electrons. The maximum Gasteiger partial charge on any atom is 0.0233 e. The highest BCUT2D eigenvalue weighted by Crippen LogP contribution is 2.13. The maximum absolute atomic E-state index is 5.49. The third kappa shape index (κ3) is 5.33. The van der Waals surface area contributed by atoms with E-state index >= 15 is 0 Å². The number of hydrogen-bond acceptors (Lipinski definition) is 2. The largest absolute Gasteiger partial charge is 0.330 e. The number of nitrogens with zero attached hydrogens (tertiary/aromatic N) is 1. The van der Waals surface area contributed by atoms with Gasteiger partial charge in [0.25, 0.3) is 0 Å². The van der Waals surface area contributed by atoms with Crippen LogP contribution in [0.2, 0.25) is 0 Å². The van der Waals surface area contributed by atoms with Gasteiger partial charge in [0.15, 0.2) is 0 Å². The molecular weight excluding hydrogens is 208 g/mol. The molecule has 0 fully saturated rings. The van der Waals surface area contributed by atoms with Crippen LogP contribution in [-0.4, -0.2) is 25.0 Å². The summed E-state index contributed by atoms with van der Waals surface area (Å²) in [5.41, 5.74) is 9.68. The Morgan fingerprint density at radius 2 is 1.88 bits per heavy atom. The van der Waals surface area contributed by atoms with E-state index in [0.717, 1.165) is 26.1 Å². The molecular formula is C15H26N2. The van der Waals surface area contributed by atoms with Crippen LogP contribution in [0, 0.1) is 13.8 Å². The van der Waals surface area contributed by atoms with E-state index in [9.17, 15) is 0 Å². The van der Waals surface area contributed by atoms with Gasteiger partial charge in [0.1, 0.15) is 0 Å². The Kier molecular flexibility index (Phi) is 6.23. The van der Waals surface area contributed by atoms with E-state index in [4.69, 9.17) is 5.73 Å². The summed E-state index contributed by atoms with van der Waals surface area (Å²) < 4.78 is 0. The van der Waals surface area contributed by atoms with Crippen LogP contribution in [0.1, 0.15) is 36.0 Å². The topological polar surface area (TPSA) is 29.3 Å². The number of unbranched alkanes of at least 4 members (excludes halogenated alkanes) is 2. The fourth-order valence-electron chi connectivity index (χ4n) is 2.04. The lowest BCUT2D eigenvalue weighted by molar-refractivity contribution is 0.317. The molecule has 1 aromatic rings. The van der Waals surface area contributed by atoms with Crippen molar-refractivity contribution >= 4 is 0 Å². The number of hydrogen-bond donors (Lipinski definition) is 1. The number of rotatable bonds is 7. The van der Waals surface area contributed by atoms with E-state index in [1.165, 1.54) is 29.5 Å². The molecule has 0 amide bonds. The number of aryl methyl sites for hydroxylation is 2. The van der Waals surface area contributed by atoms with Gasteiger partial charge < -0.3 is 10.6 Å². The summed E-state index contributed by atoms with van der Waals surface area (Å²) in [5.74, 6) is 0. The lowest BCUT2D eigenvalue weighted by atomic mass is 10.1. The van der Waals surface area contributed by atoms with Gasteiger partial charge in [-0.25, -0.2) is 0 Å². The Morgan fingerprint density at radius 3 is 2.59 bits per heavy atom. The molecule has 0 radical (unpaired) electrons. The molecule has 0 saturated carbocycles. The Hall–Kier alpha value is -0.860. The smallest absolute Gasteiger partial charge is 0.0233 e. The molecule has 17 heavy (non-hydrogen) atoms. The van der Waals surface area contributed by atoms with Crippen molar-refractivity contribution in [2.75, 3.05) is 20.1 Å². The van der Waals surface area contributed by atoms with Gasteiger partial charge in [-0.1, -0.05) is 30.2 Å². The molecule has 0 heterocycles. The van der Waals surface area contributed by atoms with Gasteiger partial charge in [-0.05, 0) is 58.0 Å². The summed E-state index contributed by atoms with van der Waals surface area (Å²) in [5, 5.41) is 0. The summed E-state index contributed by atoms with van der Waals surface area (Å²) >= 11 is 0. The molecule has 1 aromatic carbocycles. The van der Waals surface area contributed by atoms with Gasteiger partial charge in [0.2, 0.25) is 0 Å². The van der Waals surface area contributed by atoms with E-state index < -0.39 is 0 Å².